The van der Waals surface area contributed by atoms with Gasteiger partial charge in [0.2, 0.25) is 0 Å². The average molecular weight is 254 g/mol. The van der Waals surface area contributed by atoms with E-state index in [0.717, 1.165) is 11.4 Å². The van der Waals surface area contributed by atoms with Gasteiger partial charge in [-0.15, -0.1) is 0 Å². The van der Waals surface area contributed by atoms with Gasteiger partial charge >= 0.3 is 0 Å². The Morgan fingerprint density at radius 2 is 2.05 bits per heavy atom. The van der Waals surface area contributed by atoms with E-state index >= 15 is 0 Å². The summed E-state index contributed by atoms with van der Waals surface area (Å²) >= 11 is 0. The van der Waals surface area contributed by atoms with Crippen LogP contribution in [-0.2, 0) is 0 Å². The number of anilines is 2. The van der Waals surface area contributed by atoms with E-state index in [1.54, 1.807) is 18.5 Å². The van der Waals surface area contributed by atoms with Crippen molar-refractivity contribution in [2.75, 3.05) is 18.5 Å². The monoisotopic (exact) mass is 254 g/mol. The first-order valence-electron chi connectivity index (χ1n) is 5.87. The number of ether oxygens (including phenoxy) is 1. The van der Waals surface area contributed by atoms with E-state index in [4.69, 9.17) is 15.7 Å². The molecule has 0 radical (unpaired) electrons. The molecule has 0 amide bonds. The van der Waals surface area contributed by atoms with Crippen LogP contribution in [0.2, 0.25) is 0 Å². The molecule has 1 aromatic carbocycles. The van der Waals surface area contributed by atoms with Gasteiger partial charge in [-0.05, 0) is 30.3 Å². The second-order valence-corrected chi connectivity index (χ2v) is 3.82. The molecule has 5 nitrogen and oxygen atoms in total. The van der Waals surface area contributed by atoms with Gasteiger partial charge in [-0.25, -0.2) is 0 Å². The van der Waals surface area contributed by atoms with Crippen molar-refractivity contribution in [1.29, 1.82) is 5.26 Å². The molecule has 0 bridgehead atoms. The van der Waals surface area contributed by atoms with E-state index in [2.05, 4.69) is 16.4 Å². The molecule has 2 rings (SSSR count). The smallest absolute Gasteiger partial charge is 0.119 e. The maximum atomic E-state index is 8.99. The molecule has 0 fully saturated rings. The zero-order valence-corrected chi connectivity index (χ0v) is 10.3. The molecule has 0 aliphatic heterocycles. The molecule has 0 saturated carbocycles. The van der Waals surface area contributed by atoms with E-state index in [9.17, 15) is 0 Å². The highest BCUT2D eigenvalue weighted by Crippen LogP contribution is 2.21. The zero-order valence-electron chi connectivity index (χ0n) is 10.3. The molecule has 1 aromatic heterocycles. The van der Waals surface area contributed by atoms with E-state index in [-0.39, 0.29) is 0 Å². The first-order chi connectivity index (χ1) is 9.33. The lowest BCUT2D eigenvalue weighted by atomic mass is 10.2. The van der Waals surface area contributed by atoms with Crippen LogP contribution >= 0.6 is 0 Å². The maximum Gasteiger partial charge on any atom is 0.119 e. The van der Waals surface area contributed by atoms with Crippen molar-refractivity contribution in [3.8, 4) is 11.8 Å². The van der Waals surface area contributed by atoms with E-state index in [1.807, 2.05) is 24.3 Å². The first kappa shape index (κ1) is 12.9. The Labute approximate surface area is 111 Å². The Morgan fingerprint density at radius 1 is 1.26 bits per heavy atom. The summed E-state index contributed by atoms with van der Waals surface area (Å²) < 4.78 is 5.39. The minimum atomic E-state index is 0.487. The lowest BCUT2D eigenvalue weighted by Crippen LogP contribution is -2.10. The number of nitrogens with one attached hydrogen (secondary N) is 1. The maximum absolute atomic E-state index is 8.99. The Balaban J connectivity index is 2.09. The summed E-state index contributed by atoms with van der Waals surface area (Å²) in [5, 5.41) is 12.1. The molecule has 0 unspecified atom stereocenters. The van der Waals surface area contributed by atoms with Crippen LogP contribution in [0.5, 0.6) is 5.75 Å². The highest BCUT2D eigenvalue weighted by molar-refractivity contribution is 5.65. The van der Waals surface area contributed by atoms with Crippen molar-refractivity contribution in [1.82, 2.24) is 4.98 Å². The summed E-state index contributed by atoms with van der Waals surface area (Å²) in [7, 11) is 0. The minimum absolute atomic E-state index is 0.487. The summed E-state index contributed by atoms with van der Waals surface area (Å²) in [5.74, 6) is 0.766. The van der Waals surface area contributed by atoms with Gasteiger partial charge in [-0.1, -0.05) is 0 Å². The van der Waals surface area contributed by atoms with Crippen LogP contribution in [0.4, 0.5) is 11.4 Å². The molecular formula is C14H14N4O. The molecule has 0 aliphatic rings. The third-order valence-electron chi connectivity index (χ3n) is 2.46. The molecule has 0 saturated heterocycles. The number of benzene rings is 1. The Kier molecular flexibility index (Phi) is 4.32. The third kappa shape index (κ3) is 3.44. The van der Waals surface area contributed by atoms with E-state index in [0.29, 0.717) is 24.4 Å². The van der Waals surface area contributed by atoms with Gasteiger partial charge in [-0.3, -0.25) is 4.98 Å². The van der Waals surface area contributed by atoms with Crippen molar-refractivity contribution in [3.63, 3.8) is 0 Å². The standard InChI is InChI=1S/C14H14N4O/c15-6-8-19-13-3-1-12(2-4-13)18-14-10-17-7-5-11(14)9-16/h1-5,7,10,18H,6,8,15H2. The number of pyridine rings is 1. The molecular weight excluding hydrogens is 240 g/mol. The lowest BCUT2D eigenvalue weighted by molar-refractivity contribution is 0.328. The predicted molar refractivity (Wildman–Crippen MR) is 73.2 cm³/mol. The number of hydrogen-bond acceptors (Lipinski definition) is 5. The van der Waals surface area contributed by atoms with Crippen molar-refractivity contribution in [2.45, 2.75) is 0 Å². The number of hydrogen-bond donors (Lipinski definition) is 2. The quantitative estimate of drug-likeness (QED) is 0.853. The first-order valence-corrected chi connectivity index (χ1v) is 5.87. The number of nitrogens with two attached hydrogens (primary N) is 1. The van der Waals surface area contributed by atoms with Crippen LogP contribution in [0.3, 0.4) is 0 Å². The summed E-state index contributed by atoms with van der Waals surface area (Å²) in [6.07, 6.45) is 3.21. The topological polar surface area (TPSA) is 84.0 Å². The largest absolute Gasteiger partial charge is 0.492 e. The van der Waals surface area contributed by atoms with Crippen molar-refractivity contribution >= 4 is 11.4 Å². The predicted octanol–water partition coefficient (Wildman–Crippen LogP) is 2.03. The second kappa shape index (κ2) is 6.38. The molecule has 19 heavy (non-hydrogen) atoms. The number of aromatic nitrogens is 1. The second-order valence-electron chi connectivity index (χ2n) is 3.82. The Hall–Kier alpha value is -2.58. The summed E-state index contributed by atoms with van der Waals surface area (Å²) in [5.41, 5.74) is 7.47. The Morgan fingerprint density at radius 3 is 2.74 bits per heavy atom. The highest BCUT2D eigenvalue weighted by Gasteiger charge is 2.02. The fourth-order valence-corrected chi connectivity index (χ4v) is 1.56. The zero-order chi connectivity index (χ0) is 13.5. The van der Waals surface area contributed by atoms with Gasteiger partial charge in [0.25, 0.3) is 0 Å². The van der Waals surface area contributed by atoms with Gasteiger partial charge in [0.05, 0.1) is 17.4 Å². The molecule has 2 aromatic rings. The molecule has 1 heterocycles. The molecule has 5 heteroatoms. The van der Waals surface area contributed by atoms with E-state index < -0.39 is 0 Å². The fraction of sp³-hybridized carbons (Fsp3) is 0.143. The lowest BCUT2D eigenvalue weighted by Gasteiger charge is -2.09. The highest BCUT2D eigenvalue weighted by atomic mass is 16.5. The van der Waals surface area contributed by atoms with Crippen LogP contribution in [0.15, 0.2) is 42.7 Å². The fourth-order valence-electron chi connectivity index (χ4n) is 1.56. The van der Waals surface area contributed by atoms with Crippen molar-refractivity contribution in [3.05, 3.63) is 48.3 Å². The van der Waals surface area contributed by atoms with Crippen LogP contribution in [-0.4, -0.2) is 18.1 Å². The average Bonchev–Trinajstić information content (AvgIpc) is 2.47. The summed E-state index contributed by atoms with van der Waals surface area (Å²) in [4.78, 5) is 4.00. The van der Waals surface area contributed by atoms with Crippen LogP contribution in [0.25, 0.3) is 0 Å². The van der Waals surface area contributed by atoms with Gasteiger partial charge < -0.3 is 15.8 Å². The van der Waals surface area contributed by atoms with Gasteiger partial charge in [0.1, 0.15) is 18.4 Å². The molecule has 0 atom stereocenters. The molecule has 3 N–H and O–H groups in total. The number of nitrogens with zero attached hydrogens (tertiary/aromatic N) is 2. The van der Waals surface area contributed by atoms with Crippen molar-refractivity contribution in [2.24, 2.45) is 5.73 Å². The SMILES string of the molecule is N#Cc1ccncc1Nc1ccc(OCCN)cc1. The number of nitriles is 1. The molecule has 96 valence electrons. The van der Waals surface area contributed by atoms with Gasteiger partial charge in [0.15, 0.2) is 0 Å². The van der Waals surface area contributed by atoms with Crippen molar-refractivity contribution < 1.29 is 4.74 Å². The van der Waals surface area contributed by atoms with Crippen LogP contribution in [0, 0.1) is 11.3 Å². The molecule has 0 aliphatic carbocycles. The van der Waals surface area contributed by atoms with Gasteiger partial charge in [-0.2, -0.15) is 5.26 Å². The third-order valence-corrected chi connectivity index (χ3v) is 2.46. The van der Waals surface area contributed by atoms with Crippen LogP contribution < -0.4 is 15.8 Å². The Bertz CT molecular complexity index is 575. The van der Waals surface area contributed by atoms with E-state index in [1.165, 1.54) is 0 Å². The molecule has 0 spiro atoms. The number of rotatable bonds is 5. The summed E-state index contributed by atoms with van der Waals surface area (Å²) in [6.45, 7) is 0.981. The summed E-state index contributed by atoms with van der Waals surface area (Å²) in [6, 6.07) is 11.2. The van der Waals surface area contributed by atoms with Crippen LogP contribution in [0.1, 0.15) is 5.56 Å². The minimum Gasteiger partial charge on any atom is -0.492 e. The normalized spacial score (nSPS) is 9.68. The van der Waals surface area contributed by atoms with Gasteiger partial charge in [0, 0.05) is 18.4 Å².